The maximum absolute atomic E-state index is 13.6. The zero-order chi connectivity index (χ0) is 28.6. The molecule has 214 valence electrons. The smallest absolute Gasteiger partial charge is 0.243 e. The third-order valence-electron chi connectivity index (χ3n) is 7.60. The van der Waals surface area contributed by atoms with Crippen LogP contribution in [0.15, 0.2) is 42.5 Å². The molecule has 2 aromatic carbocycles. The average Bonchev–Trinajstić information content (AvgIpc) is 2.89. The van der Waals surface area contributed by atoms with Crippen LogP contribution in [0.4, 0.5) is 10.1 Å². The quantitative estimate of drug-likeness (QED) is 0.385. The third-order valence-corrected chi connectivity index (χ3v) is 8.78. The molecule has 0 heterocycles. The number of amides is 2. The highest BCUT2D eigenvalue weighted by molar-refractivity contribution is 7.92. The van der Waals surface area contributed by atoms with Crippen LogP contribution in [-0.2, 0) is 26.2 Å². The Hall–Kier alpha value is -2.94. The molecule has 39 heavy (non-hydrogen) atoms. The lowest BCUT2D eigenvalue weighted by Gasteiger charge is -2.33. The van der Waals surface area contributed by atoms with Gasteiger partial charge in [0, 0.05) is 25.6 Å². The van der Waals surface area contributed by atoms with Crippen molar-refractivity contribution in [2.24, 2.45) is 0 Å². The fourth-order valence-corrected chi connectivity index (χ4v) is 6.25. The Bertz CT molecular complexity index is 1230. The number of carbonyl (C=O) groups is 2. The summed E-state index contributed by atoms with van der Waals surface area (Å²) in [5.74, 6) is -0.779. The van der Waals surface area contributed by atoms with Crippen LogP contribution in [0.3, 0.4) is 0 Å². The number of halogens is 1. The number of aryl methyl sites for hydroxylation is 1. The van der Waals surface area contributed by atoms with E-state index >= 15 is 0 Å². The lowest BCUT2D eigenvalue weighted by Crippen LogP contribution is -2.51. The summed E-state index contributed by atoms with van der Waals surface area (Å²) in [6.07, 6.45) is 7.18. The SMILES string of the molecule is CCC(C(=O)NC1CCCCC1)N(Cc1ccc(F)cc1)C(=O)CCCN(c1cccc(C)c1C)S(C)(=O)=O. The number of nitrogens with zero attached hydrogens (tertiary/aromatic N) is 2. The number of anilines is 1. The van der Waals surface area contributed by atoms with Crippen LogP contribution >= 0.6 is 0 Å². The maximum Gasteiger partial charge on any atom is 0.243 e. The number of sulfonamides is 1. The molecule has 1 aliphatic carbocycles. The molecule has 1 unspecified atom stereocenters. The normalized spacial score (nSPS) is 15.0. The van der Waals surface area contributed by atoms with Gasteiger partial charge in [0.05, 0.1) is 11.9 Å². The van der Waals surface area contributed by atoms with Crippen molar-refractivity contribution in [1.82, 2.24) is 10.2 Å². The van der Waals surface area contributed by atoms with Gasteiger partial charge >= 0.3 is 0 Å². The summed E-state index contributed by atoms with van der Waals surface area (Å²) in [7, 11) is -3.57. The van der Waals surface area contributed by atoms with E-state index in [0.29, 0.717) is 18.5 Å². The van der Waals surface area contributed by atoms with E-state index in [-0.39, 0.29) is 43.2 Å². The van der Waals surface area contributed by atoms with Crippen molar-refractivity contribution in [3.05, 3.63) is 65.0 Å². The molecular weight excluding hydrogens is 517 g/mol. The Morgan fingerprint density at radius 2 is 1.72 bits per heavy atom. The van der Waals surface area contributed by atoms with Gasteiger partial charge in [-0.15, -0.1) is 0 Å². The zero-order valence-electron chi connectivity index (χ0n) is 23.6. The minimum atomic E-state index is -3.57. The predicted octanol–water partition coefficient (Wildman–Crippen LogP) is 5.25. The van der Waals surface area contributed by atoms with Gasteiger partial charge < -0.3 is 10.2 Å². The van der Waals surface area contributed by atoms with Crippen molar-refractivity contribution in [2.75, 3.05) is 17.1 Å². The van der Waals surface area contributed by atoms with E-state index in [4.69, 9.17) is 0 Å². The van der Waals surface area contributed by atoms with Gasteiger partial charge in [0.25, 0.3) is 0 Å². The molecule has 1 saturated carbocycles. The first-order chi connectivity index (χ1) is 18.5. The maximum atomic E-state index is 13.6. The number of carbonyl (C=O) groups excluding carboxylic acids is 2. The van der Waals surface area contributed by atoms with Gasteiger partial charge in [0.1, 0.15) is 11.9 Å². The first-order valence-electron chi connectivity index (χ1n) is 13.9. The van der Waals surface area contributed by atoms with E-state index in [2.05, 4.69) is 5.32 Å². The summed E-state index contributed by atoms with van der Waals surface area (Å²) in [5.41, 5.74) is 3.18. The second-order valence-electron chi connectivity index (χ2n) is 10.6. The summed E-state index contributed by atoms with van der Waals surface area (Å²) in [6, 6.07) is 10.9. The lowest BCUT2D eigenvalue weighted by atomic mass is 9.95. The molecule has 0 aliphatic heterocycles. The van der Waals surface area contributed by atoms with Crippen LogP contribution in [0.2, 0.25) is 0 Å². The van der Waals surface area contributed by atoms with Gasteiger partial charge in [-0.2, -0.15) is 0 Å². The highest BCUT2D eigenvalue weighted by atomic mass is 32.2. The molecule has 1 fully saturated rings. The summed E-state index contributed by atoms with van der Waals surface area (Å²) in [5, 5.41) is 3.15. The number of hydrogen-bond acceptors (Lipinski definition) is 4. The first kappa shape index (κ1) is 30.6. The monoisotopic (exact) mass is 559 g/mol. The molecule has 9 heteroatoms. The largest absolute Gasteiger partial charge is 0.352 e. The number of nitrogens with one attached hydrogen (secondary N) is 1. The third kappa shape index (κ3) is 8.52. The minimum absolute atomic E-state index is 0.0747. The van der Waals surface area contributed by atoms with Crippen LogP contribution in [0.25, 0.3) is 0 Å². The zero-order valence-corrected chi connectivity index (χ0v) is 24.4. The molecular formula is C30H42FN3O4S. The van der Waals surface area contributed by atoms with Crippen LogP contribution in [0, 0.1) is 19.7 Å². The van der Waals surface area contributed by atoms with E-state index in [9.17, 15) is 22.4 Å². The lowest BCUT2D eigenvalue weighted by molar-refractivity contribution is -0.141. The second kappa shape index (κ2) is 13.9. The van der Waals surface area contributed by atoms with E-state index < -0.39 is 16.1 Å². The summed E-state index contributed by atoms with van der Waals surface area (Å²) in [4.78, 5) is 28.5. The van der Waals surface area contributed by atoms with Gasteiger partial charge in [-0.25, -0.2) is 12.8 Å². The fraction of sp³-hybridized carbons (Fsp3) is 0.533. The van der Waals surface area contributed by atoms with Gasteiger partial charge in [-0.3, -0.25) is 13.9 Å². The molecule has 1 atom stereocenters. The average molecular weight is 560 g/mol. The van der Waals surface area contributed by atoms with Gasteiger partial charge in [0.2, 0.25) is 21.8 Å². The van der Waals surface area contributed by atoms with Crippen molar-refractivity contribution < 1.29 is 22.4 Å². The molecule has 7 nitrogen and oxygen atoms in total. The molecule has 3 rings (SSSR count). The van der Waals surface area contributed by atoms with Crippen LogP contribution in [0.5, 0.6) is 0 Å². The Balaban J connectivity index is 1.77. The predicted molar refractivity (Wildman–Crippen MR) is 153 cm³/mol. The minimum Gasteiger partial charge on any atom is -0.352 e. The standard InChI is InChI=1S/C30H42FN3O4S/c1-5-27(30(36)32-26-12-7-6-8-13-26)33(21-24-16-18-25(31)19-17-24)29(35)15-10-20-34(39(4,37)38)28-14-9-11-22(2)23(28)3/h9,11,14,16-19,26-27H,5-8,10,12-13,15,20-21H2,1-4H3,(H,32,36). The molecule has 0 aromatic heterocycles. The summed E-state index contributed by atoms with van der Waals surface area (Å²) in [6.45, 7) is 6.00. The van der Waals surface area contributed by atoms with E-state index in [1.165, 1.54) is 29.1 Å². The molecule has 0 radical (unpaired) electrons. The number of hydrogen-bond donors (Lipinski definition) is 1. The second-order valence-corrected chi connectivity index (χ2v) is 12.5. The Labute approximate surface area is 232 Å². The van der Waals surface area contributed by atoms with Crippen LogP contribution < -0.4 is 9.62 Å². The van der Waals surface area contributed by atoms with E-state index in [1.807, 2.05) is 32.9 Å². The molecule has 1 aliphatic rings. The van der Waals surface area contributed by atoms with Crippen LogP contribution in [0.1, 0.15) is 75.0 Å². The summed E-state index contributed by atoms with van der Waals surface area (Å²) < 4.78 is 40.2. The van der Waals surface area contributed by atoms with Gasteiger partial charge in [0.15, 0.2) is 0 Å². The van der Waals surface area contributed by atoms with Gasteiger partial charge in [-0.05, 0) is 74.4 Å². The van der Waals surface area contributed by atoms with Crippen molar-refractivity contribution in [3.63, 3.8) is 0 Å². The van der Waals surface area contributed by atoms with Crippen molar-refractivity contribution in [2.45, 2.75) is 90.8 Å². The fourth-order valence-electron chi connectivity index (χ4n) is 5.24. The highest BCUT2D eigenvalue weighted by Crippen LogP contribution is 2.26. The van der Waals surface area contributed by atoms with E-state index in [0.717, 1.165) is 42.4 Å². The van der Waals surface area contributed by atoms with Crippen LogP contribution in [-0.4, -0.2) is 50.0 Å². The molecule has 2 amide bonds. The Morgan fingerprint density at radius 3 is 2.33 bits per heavy atom. The van der Waals surface area contributed by atoms with Crippen molar-refractivity contribution in [3.8, 4) is 0 Å². The highest BCUT2D eigenvalue weighted by Gasteiger charge is 2.30. The molecule has 1 N–H and O–H groups in total. The van der Waals surface area contributed by atoms with E-state index in [1.54, 1.807) is 23.1 Å². The molecule has 2 aromatic rings. The number of benzene rings is 2. The molecule has 0 saturated heterocycles. The van der Waals surface area contributed by atoms with Crippen molar-refractivity contribution >= 4 is 27.5 Å². The first-order valence-corrected chi connectivity index (χ1v) is 15.7. The topological polar surface area (TPSA) is 86.8 Å². The number of rotatable bonds is 12. The molecule has 0 bridgehead atoms. The Kier molecular flexibility index (Phi) is 10.9. The summed E-state index contributed by atoms with van der Waals surface area (Å²) >= 11 is 0. The van der Waals surface area contributed by atoms with Gasteiger partial charge in [-0.1, -0.05) is 50.5 Å². The Morgan fingerprint density at radius 1 is 1.05 bits per heavy atom. The van der Waals surface area contributed by atoms with Crippen molar-refractivity contribution in [1.29, 1.82) is 0 Å². The molecule has 0 spiro atoms.